The van der Waals surface area contributed by atoms with Crippen molar-refractivity contribution in [2.45, 2.75) is 19.6 Å². The molecule has 0 saturated heterocycles. The molecule has 1 heterocycles. The van der Waals surface area contributed by atoms with Crippen molar-refractivity contribution in [3.05, 3.63) is 58.9 Å². The van der Waals surface area contributed by atoms with Crippen molar-refractivity contribution >= 4 is 5.91 Å². The number of aryl methyl sites for hydroxylation is 1. The Bertz CT molecular complexity index is 683. The summed E-state index contributed by atoms with van der Waals surface area (Å²) in [6, 6.07) is 2.04. The van der Waals surface area contributed by atoms with E-state index in [0.29, 0.717) is 18.0 Å². The summed E-state index contributed by atoms with van der Waals surface area (Å²) in [5.41, 5.74) is -1.09. The molecule has 1 aromatic heterocycles. The maximum atomic E-state index is 13.5. The Morgan fingerprint density at radius 2 is 1.86 bits per heavy atom. The molecule has 22 heavy (non-hydrogen) atoms. The molecule has 0 radical (unpaired) electrons. The van der Waals surface area contributed by atoms with E-state index in [1.165, 1.54) is 12.4 Å². The molecule has 0 atom stereocenters. The predicted octanol–water partition coefficient (Wildman–Crippen LogP) is 2.87. The normalized spacial score (nSPS) is 11.3. The predicted molar refractivity (Wildman–Crippen MR) is 69.3 cm³/mol. The molecule has 0 bridgehead atoms. The quantitative estimate of drug-likeness (QED) is 0.887. The average Bonchev–Trinajstić information content (AvgIpc) is 2.45. The van der Waals surface area contributed by atoms with Crippen molar-refractivity contribution in [2.75, 3.05) is 0 Å². The minimum absolute atomic E-state index is 0.137. The maximum absolute atomic E-state index is 13.5. The summed E-state index contributed by atoms with van der Waals surface area (Å²) in [4.78, 5) is 19.4. The van der Waals surface area contributed by atoms with Crippen LogP contribution < -0.4 is 5.32 Å². The number of carbonyl (C=O) groups excluding carboxylic acids is 1. The maximum Gasteiger partial charge on any atom is 0.416 e. The molecule has 2 rings (SSSR count). The van der Waals surface area contributed by atoms with E-state index in [0.717, 1.165) is 6.07 Å². The molecule has 1 aromatic carbocycles. The third-order valence-corrected chi connectivity index (χ3v) is 2.86. The number of aromatic nitrogens is 2. The number of nitrogens with zero attached hydrogens (tertiary/aromatic N) is 2. The lowest BCUT2D eigenvalue weighted by atomic mass is 10.1. The molecule has 116 valence electrons. The Balaban J connectivity index is 2.11. The number of halogens is 4. The highest BCUT2D eigenvalue weighted by molar-refractivity contribution is 5.93. The first-order chi connectivity index (χ1) is 10.3. The van der Waals surface area contributed by atoms with Gasteiger partial charge < -0.3 is 5.32 Å². The standard InChI is InChI=1S/C14H11F4N3O/c1-8-19-6-10(7-20-8)13(22)21-5-9-4-11(14(16,17)18)2-3-12(9)15/h2-4,6-7H,5H2,1H3,(H,21,22). The number of hydrogen-bond donors (Lipinski definition) is 1. The van der Waals surface area contributed by atoms with Crippen molar-refractivity contribution in [3.8, 4) is 0 Å². The number of nitrogens with one attached hydrogen (secondary N) is 1. The zero-order chi connectivity index (χ0) is 16.3. The summed E-state index contributed by atoms with van der Waals surface area (Å²) >= 11 is 0. The fourth-order valence-electron chi connectivity index (χ4n) is 1.67. The Kier molecular flexibility index (Phi) is 4.39. The molecule has 0 spiro atoms. The smallest absolute Gasteiger partial charge is 0.348 e. The zero-order valence-corrected chi connectivity index (χ0v) is 11.4. The van der Waals surface area contributed by atoms with E-state index in [2.05, 4.69) is 15.3 Å². The number of carbonyl (C=O) groups is 1. The molecule has 4 nitrogen and oxygen atoms in total. The summed E-state index contributed by atoms with van der Waals surface area (Å²) in [6.45, 7) is 1.27. The lowest BCUT2D eigenvalue weighted by Crippen LogP contribution is -2.24. The molecule has 0 aliphatic rings. The molecule has 2 aromatic rings. The van der Waals surface area contributed by atoms with Gasteiger partial charge >= 0.3 is 6.18 Å². The Morgan fingerprint density at radius 1 is 1.23 bits per heavy atom. The zero-order valence-electron chi connectivity index (χ0n) is 11.4. The highest BCUT2D eigenvalue weighted by Crippen LogP contribution is 2.30. The Morgan fingerprint density at radius 3 is 2.45 bits per heavy atom. The SMILES string of the molecule is Cc1ncc(C(=O)NCc2cc(C(F)(F)F)ccc2F)cn1. The third kappa shape index (κ3) is 3.78. The van der Waals surface area contributed by atoms with Crippen LogP contribution in [-0.2, 0) is 12.7 Å². The number of alkyl halides is 3. The summed E-state index contributed by atoms with van der Waals surface area (Å²) in [5.74, 6) is -0.953. The number of hydrogen-bond acceptors (Lipinski definition) is 3. The lowest BCUT2D eigenvalue weighted by Gasteiger charge is -2.10. The highest BCUT2D eigenvalue weighted by Gasteiger charge is 2.31. The minimum Gasteiger partial charge on any atom is -0.348 e. The van der Waals surface area contributed by atoms with Gasteiger partial charge in [0.25, 0.3) is 5.91 Å². The number of amides is 1. The third-order valence-electron chi connectivity index (χ3n) is 2.86. The van der Waals surface area contributed by atoms with Gasteiger partial charge in [0, 0.05) is 24.5 Å². The first-order valence-corrected chi connectivity index (χ1v) is 6.20. The molecule has 1 N–H and O–H groups in total. The molecule has 0 aliphatic heterocycles. The van der Waals surface area contributed by atoms with Crippen LogP contribution in [0.3, 0.4) is 0 Å². The summed E-state index contributed by atoms with van der Waals surface area (Å²) in [5, 5.41) is 2.33. The molecular formula is C14H11F4N3O. The van der Waals surface area contributed by atoms with Crippen molar-refractivity contribution < 1.29 is 22.4 Å². The fourth-order valence-corrected chi connectivity index (χ4v) is 1.67. The fraction of sp³-hybridized carbons (Fsp3) is 0.214. The molecular weight excluding hydrogens is 302 g/mol. The first-order valence-electron chi connectivity index (χ1n) is 6.20. The van der Waals surface area contributed by atoms with Crippen LogP contribution in [-0.4, -0.2) is 15.9 Å². The van der Waals surface area contributed by atoms with Crippen molar-refractivity contribution in [1.82, 2.24) is 15.3 Å². The molecule has 0 fully saturated rings. The van der Waals surface area contributed by atoms with E-state index in [-0.39, 0.29) is 17.7 Å². The monoisotopic (exact) mass is 313 g/mol. The van der Waals surface area contributed by atoms with E-state index >= 15 is 0 Å². The molecule has 0 saturated carbocycles. The lowest BCUT2D eigenvalue weighted by molar-refractivity contribution is -0.137. The van der Waals surface area contributed by atoms with E-state index in [1.807, 2.05) is 0 Å². The van der Waals surface area contributed by atoms with Crippen LogP contribution in [0, 0.1) is 12.7 Å². The van der Waals surface area contributed by atoms with Gasteiger partial charge in [-0.15, -0.1) is 0 Å². The second kappa shape index (κ2) is 6.08. The van der Waals surface area contributed by atoms with Crippen LogP contribution >= 0.6 is 0 Å². The summed E-state index contributed by atoms with van der Waals surface area (Å²) in [7, 11) is 0. The topological polar surface area (TPSA) is 54.9 Å². The molecule has 1 amide bonds. The Hall–Kier alpha value is -2.51. The second-order valence-electron chi connectivity index (χ2n) is 4.51. The van der Waals surface area contributed by atoms with Gasteiger partial charge in [0.1, 0.15) is 11.6 Å². The van der Waals surface area contributed by atoms with Gasteiger partial charge in [0.2, 0.25) is 0 Å². The van der Waals surface area contributed by atoms with E-state index in [4.69, 9.17) is 0 Å². The van der Waals surface area contributed by atoms with Crippen LogP contribution in [0.25, 0.3) is 0 Å². The van der Waals surface area contributed by atoms with Crippen LogP contribution in [0.1, 0.15) is 27.3 Å². The van der Waals surface area contributed by atoms with Gasteiger partial charge in [-0.25, -0.2) is 14.4 Å². The number of benzene rings is 1. The van der Waals surface area contributed by atoms with Gasteiger partial charge in [0.15, 0.2) is 0 Å². The highest BCUT2D eigenvalue weighted by atomic mass is 19.4. The van der Waals surface area contributed by atoms with Gasteiger partial charge in [0.05, 0.1) is 11.1 Å². The summed E-state index contributed by atoms with van der Waals surface area (Å²) in [6.07, 6.45) is -2.02. The van der Waals surface area contributed by atoms with Crippen molar-refractivity contribution in [1.29, 1.82) is 0 Å². The van der Waals surface area contributed by atoms with Gasteiger partial charge in [-0.2, -0.15) is 13.2 Å². The van der Waals surface area contributed by atoms with Gasteiger partial charge in [-0.3, -0.25) is 4.79 Å². The van der Waals surface area contributed by atoms with Crippen LogP contribution in [0.2, 0.25) is 0 Å². The molecule has 8 heteroatoms. The van der Waals surface area contributed by atoms with Gasteiger partial charge in [-0.1, -0.05) is 0 Å². The van der Waals surface area contributed by atoms with Crippen molar-refractivity contribution in [2.24, 2.45) is 0 Å². The van der Waals surface area contributed by atoms with E-state index in [1.54, 1.807) is 6.92 Å². The second-order valence-corrected chi connectivity index (χ2v) is 4.51. The number of rotatable bonds is 3. The average molecular weight is 313 g/mol. The first kappa shape index (κ1) is 15.9. The van der Waals surface area contributed by atoms with Crippen LogP contribution in [0.15, 0.2) is 30.6 Å². The molecule has 0 unspecified atom stereocenters. The van der Waals surface area contributed by atoms with Gasteiger partial charge in [-0.05, 0) is 25.1 Å². The van der Waals surface area contributed by atoms with Crippen molar-refractivity contribution in [3.63, 3.8) is 0 Å². The molecule has 0 aliphatic carbocycles. The van der Waals surface area contributed by atoms with Crippen LogP contribution in [0.5, 0.6) is 0 Å². The van der Waals surface area contributed by atoms with E-state index < -0.39 is 23.5 Å². The minimum atomic E-state index is -4.57. The summed E-state index contributed by atoms with van der Waals surface area (Å²) < 4.78 is 51.2. The van der Waals surface area contributed by atoms with E-state index in [9.17, 15) is 22.4 Å². The Labute approximate surface area is 123 Å². The largest absolute Gasteiger partial charge is 0.416 e. The van der Waals surface area contributed by atoms with Crippen LogP contribution in [0.4, 0.5) is 17.6 Å².